The SMILES string of the molecule is C=CC(CC(C)C)N(O)C(=O)OC(C)(C)C. The summed E-state index contributed by atoms with van der Waals surface area (Å²) in [6.45, 7) is 12.9. The Labute approximate surface area is 97.8 Å². The number of rotatable bonds is 4. The highest BCUT2D eigenvalue weighted by Crippen LogP contribution is 2.15. The van der Waals surface area contributed by atoms with Crippen LogP contribution in [0.15, 0.2) is 12.7 Å². The Morgan fingerprint density at radius 3 is 2.31 bits per heavy atom. The van der Waals surface area contributed by atoms with Crippen molar-refractivity contribution in [3.63, 3.8) is 0 Å². The van der Waals surface area contributed by atoms with Crippen LogP contribution in [-0.2, 0) is 4.74 Å². The minimum Gasteiger partial charge on any atom is -0.442 e. The number of carbonyl (C=O) groups excluding carboxylic acids is 1. The third-order valence-corrected chi connectivity index (χ3v) is 1.88. The largest absolute Gasteiger partial charge is 0.442 e. The molecule has 0 aliphatic heterocycles. The Kier molecular flexibility index (Phi) is 5.51. The molecule has 1 atom stereocenters. The zero-order valence-electron chi connectivity index (χ0n) is 10.9. The van der Waals surface area contributed by atoms with E-state index in [2.05, 4.69) is 6.58 Å². The maximum Gasteiger partial charge on any atom is 0.434 e. The zero-order valence-corrected chi connectivity index (χ0v) is 10.9. The number of amides is 1. The molecule has 0 rings (SSSR count). The lowest BCUT2D eigenvalue weighted by Crippen LogP contribution is -2.40. The lowest BCUT2D eigenvalue weighted by atomic mass is 10.0. The molecule has 0 aliphatic rings. The third-order valence-electron chi connectivity index (χ3n) is 1.88. The van der Waals surface area contributed by atoms with Gasteiger partial charge >= 0.3 is 6.09 Å². The van der Waals surface area contributed by atoms with Gasteiger partial charge in [0.2, 0.25) is 0 Å². The molecular weight excluding hydrogens is 206 g/mol. The van der Waals surface area contributed by atoms with Crippen molar-refractivity contribution in [2.45, 2.75) is 52.7 Å². The molecule has 0 saturated carbocycles. The van der Waals surface area contributed by atoms with Crippen LogP contribution in [0.3, 0.4) is 0 Å². The van der Waals surface area contributed by atoms with E-state index in [1.807, 2.05) is 13.8 Å². The molecule has 0 heterocycles. The van der Waals surface area contributed by atoms with Crippen molar-refractivity contribution >= 4 is 6.09 Å². The Bertz CT molecular complexity index is 243. The molecule has 0 radical (unpaired) electrons. The van der Waals surface area contributed by atoms with Gasteiger partial charge in [0, 0.05) is 0 Å². The fourth-order valence-corrected chi connectivity index (χ4v) is 1.22. The summed E-state index contributed by atoms with van der Waals surface area (Å²) < 4.78 is 5.05. The number of nitrogens with zero attached hydrogens (tertiary/aromatic N) is 1. The van der Waals surface area contributed by atoms with Gasteiger partial charge in [-0.1, -0.05) is 19.9 Å². The quantitative estimate of drug-likeness (QED) is 0.457. The molecule has 16 heavy (non-hydrogen) atoms. The molecule has 1 amide bonds. The Morgan fingerprint density at radius 2 is 2.00 bits per heavy atom. The molecule has 0 saturated heterocycles. The summed E-state index contributed by atoms with van der Waals surface area (Å²) in [5.74, 6) is 0.361. The summed E-state index contributed by atoms with van der Waals surface area (Å²) in [5, 5.41) is 10.3. The van der Waals surface area contributed by atoms with E-state index >= 15 is 0 Å². The van der Waals surface area contributed by atoms with Crippen LogP contribution in [0, 0.1) is 5.92 Å². The lowest BCUT2D eigenvalue weighted by Gasteiger charge is -2.28. The van der Waals surface area contributed by atoms with Gasteiger partial charge in [-0.3, -0.25) is 5.21 Å². The molecule has 0 aromatic carbocycles. The van der Waals surface area contributed by atoms with E-state index in [0.717, 1.165) is 0 Å². The van der Waals surface area contributed by atoms with Crippen molar-refractivity contribution in [2.24, 2.45) is 5.92 Å². The van der Waals surface area contributed by atoms with E-state index < -0.39 is 17.7 Å². The van der Waals surface area contributed by atoms with E-state index in [9.17, 15) is 10.0 Å². The average Bonchev–Trinajstić information content (AvgIpc) is 2.09. The van der Waals surface area contributed by atoms with E-state index in [1.54, 1.807) is 26.8 Å². The van der Waals surface area contributed by atoms with Crippen molar-refractivity contribution in [1.82, 2.24) is 5.06 Å². The summed E-state index contributed by atoms with van der Waals surface area (Å²) in [5.41, 5.74) is -0.610. The van der Waals surface area contributed by atoms with Gasteiger partial charge in [0.05, 0.1) is 6.04 Å². The van der Waals surface area contributed by atoms with Gasteiger partial charge < -0.3 is 4.74 Å². The van der Waals surface area contributed by atoms with Gasteiger partial charge in [-0.25, -0.2) is 4.79 Å². The molecule has 0 spiro atoms. The standard InChI is InChI=1S/C12H23NO3/c1-7-10(8-9(2)3)13(15)11(14)16-12(4,5)6/h7,9-10,15H,1,8H2,2-6H3. The molecule has 4 nitrogen and oxygen atoms in total. The van der Waals surface area contributed by atoms with Gasteiger partial charge in [-0.15, -0.1) is 6.58 Å². The van der Waals surface area contributed by atoms with Crippen molar-refractivity contribution in [3.05, 3.63) is 12.7 Å². The first kappa shape index (κ1) is 15.0. The van der Waals surface area contributed by atoms with Gasteiger partial charge in [-0.05, 0) is 33.1 Å². The van der Waals surface area contributed by atoms with Crippen LogP contribution < -0.4 is 0 Å². The van der Waals surface area contributed by atoms with Gasteiger partial charge in [-0.2, -0.15) is 5.06 Å². The minimum absolute atomic E-state index is 0.361. The summed E-state index contributed by atoms with van der Waals surface area (Å²) in [6, 6.07) is -0.408. The highest BCUT2D eigenvalue weighted by atomic mass is 16.6. The van der Waals surface area contributed by atoms with Crippen molar-refractivity contribution in [1.29, 1.82) is 0 Å². The molecule has 0 aromatic rings. The summed E-state index contributed by atoms with van der Waals surface area (Å²) >= 11 is 0. The van der Waals surface area contributed by atoms with Crippen LogP contribution >= 0.6 is 0 Å². The average molecular weight is 229 g/mol. The molecule has 0 bridgehead atoms. The highest BCUT2D eigenvalue weighted by molar-refractivity contribution is 5.67. The molecule has 1 unspecified atom stereocenters. The number of hydroxylamine groups is 2. The number of hydrogen-bond donors (Lipinski definition) is 1. The van der Waals surface area contributed by atoms with Crippen LogP contribution in [0.4, 0.5) is 4.79 Å². The topological polar surface area (TPSA) is 49.8 Å². The molecule has 0 fully saturated rings. The highest BCUT2D eigenvalue weighted by Gasteiger charge is 2.25. The fourth-order valence-electron chi connectivity index (χ4n) is 1.22. The Morgan fingerprint density at radius 1 is 1.50 bits per heavy atom. The van der Waals surface area contributed by atoms with Crippen molar-refractivity contribution < 1.29 is 14.7 Å². The van der Waals surface area contributed by atoms with Gasteiger partial charge in [0.25, 0.3) is 0 Å². The molecule has 1 N–H and O–H groups in total. The predicted octanol–water partition coefficient (Wildman–Crippen LogP) is 3.21. The first-order valence-electron chi connectivity index (χ1n) is 5.51. The molecule has 0 aromatic heterocycles. The van der Waals surface area contributed by atoms with Crippen molar-refractivity contribution in [2.75, 3.05) is 0 Å². The second-order valence-electron chi connectivity index (χ2n) is 5.26. The van der Waals surface area contributed by atoms with E-state index in [4.69, 9.17) is 4.74 Å². The summed E-state index contributed by atoms with van der Waals surface area (Å²) in [4.78, 5) is 11.5. The van der Waals surface area contributed by atoms with Crippen molar-refractivity contribution in [3.8, 4) is 0 Å². The van der Waals surface area contributed by atoms with Gasteiger partial charge in [0.15, 0.2) is 0 Å². The monoisotopic (exact) mass is 229 g/mol. The van der Waals surface area contributed by atoms with Crippen LogP contribution in [0.25, 0.3) is 0 Å². The zero-order chi connectivity index (χ0) is 12.9. The third kappa shape index (κ3) is 5.75. The first-order chi connectivity index (χ1) is 7.17. The molecule has 4 heteroatoms. The molecule has 0 aliphatic carbocycles. The smallest absolute Gasteiger partial charge is 0.434 e. The Balaban J connectivity index is 4.44. The van der Waals surface area contributed by atoms with E-state index in [0.29, 0.717) is 17.4 Å². The normalized spacial score (nSPS) is 13.4. The predicted molar refractivity (Wildman–Crippen MR) is 63.3 cm³/mol. The van der Waals surface area contributed by atoms with Crippen LogP contribution in [-0.4, -0.2) is 28.0 Å². The maximum atomic E-state index is 11.5. The van der Waals surface area contributed by atoms with Crippen LogP contribution in [0.1, 0.15) is 41.0 Å². The second-order valence-corrected chi connectivity index (χ2v) is 5.26. The number of hydrogen-bond acceptors (Lipinski definition) is 3. The minimum atomic E-state index is -0.738. The van der Waals surface area contributed by atoms with Gasteiger partial charge in [0.1, 0.15) is 5.60 Å². The molecular formula is C12H23NO3. The fraction of sp³-hybridized carbons (Fsp3) is 0.750. The second kappa shape index (κ2) is 5.89. The van der Waals surface area contributed by atoms with E-state index in [-0.39, 0.29) is 0 Å². The summed E-state index contributed by atoms with van der Waals surface area (Å²) in [6.07, 6.45) is 1.46. The number of carbonyl (C=O) groups is 1. The number of ether oxygens (including phenoxy) is 1. The van der Waals surface area contributed by atoms with E-state index in [1.165, 1.54) is 0 Å². The van der Waals surface area contributed by atoms with Crippen LogP contribution in [0.2, 0.25) is 0 Å². The summed E-state index contributed by atoms with van der Waals surface area (Å²) in [7, 11) is 0. The molecule has 94 valence electrons. The lowest BCUT2D eigenvalue weighted by molar-refractivity contribution is -0.113. The maximum absolute atomic E-state index is 11.5. The Hall–Kier alpha value is -1.03. The first-order valence-corrected chi connectivity index (χ1v) is 5.51. The van der Waals surface area contributed by atoms with Crippen LogP contribution in [0.5, 0.6) is 0 Å².